The van der Waals surface area contributed by atoms with Crippen LogP contribution in [0.25, 0.3) is 0 Å². The van der Waals surface area contributed by atoms with Crippen LogP contribution in [-0.4, -0.2) is 35.2 Å². The first-order chi connectivity index (χ1) is 16.6. The van der Waals surface area contributed by atoms with Crippen LogP contribution < -0.4 is 24.2 Å². The van der Waals surface area contributed by atoms with Gasteiger partial charge in [-0.05, 0) is 79.6 Å². The van der Waals surface area contributed by atoms with E-state index in [-0.39, 0.29) is 23.5 Å². The molecule has 0 aliphatic heterocycles. The van der Waals surface area contributed by atoms with E-state index in [2.05, 4.69) is 10.0 Å². The second-order valence-electron chi connectivity index (χ2n) is 7.73. The van der Waals surface area contributed by atoms with E-state index >= 15 is 0 Å². The highest BCUT2D eigenvalue weighted by Gasteiger charge is 2.17. The van der Waals surface area contributed by atoms with Gasteiger partial charge in [-0.25, -0.2) is 8.42 Å². The number of carbonyl (C=O) groups excluding carboxylic acids is 1. The second kappa shape index (κ2) is 11.3. The van der Waals surface area contributed by atoms with Crippen LogP contribution in [0.3, 0.4) is 0 Å². The van der Waals surface area contributed by atoms with Crippen LogP contribution in [0.5, 0.6) is 17.2 Å². The van der Waals surface area contributed by atoms with E-state index in [0.717, 1.165) is 5.56 Å². The quantitative estimate of drug-likeness (QED) is 0.402. The van der Waals surface area contributed by atoms with Crippen LogP contribution in [0, 0.1) is 6.92 Å². The van der Waals surface area contributed by atoms with E-state index < -0.39 is 10.0 Å². The molecular formula is C25H27ClN2O6S. The topological polar surface area (TPSA) is 103 Å². The van der Waals surface area contributed by atoms with Crippen LogP contribution in [0.2, 0.25) is 5.02 Å². The van der Waals surface area contributed by atoms with Crippen LogP contribution >= 0.6 is 11.6 Å². The van der Waals surface area contributed by atoms with Crippen molar-refractivity contribution in [3.63, 3.8) is 0 Å². The predicted octanol–water partition coefficient (Wildman–Crippen LogP) is 4.72. The van der Waals surface area contributed by atoms with Gasteiger partial charge in [0.25, 0.3) is 15.9 Å². The number of carbonyl (C=O) groups is 1. The number of nitrogens with one attached hydrogen (secondary N) is 2. The van der Waals surface area contributed by atoms with Gasteiger partial charge in [0.2, 0.25) is 0 Å². The molecule has 3 aromatic carbocycles. The fourth-order valence-electron chi connectivity index (χ4n) is 3.31. The summed E-state index contributed by atoms with van der Waals surface area (Å²) in [6.07, 6.45) is 0. The number of rotatable bonds is 10. The second-order valence-corrected chi connectivity index (χ2v) is 9.85. The van der Waals surface area contributed by atoms with Crippen molar-refractivity contribution in [2.45, 2.75) is 24.8 Å². The standard InChI is InChI=1S/C25H27ClN2O6S/c1-16-13-21(35(30,31)28-20-8-6-19(26)7-9-20)10-12-22(16)34-15-25(29)27-17(2)18-5-11-23(32-3)24(14-18)33-4/h5-14,17,28H,15H2,1-4H3,(H,27,29)/t17-/m1/s1. The number of halogens is 1. The number of sulfonamides is 1. The van der Waals surface area contributed by atoms with E-state index in [0.29, 0.717) is 33.5 Å². The minimum Gasteiger partial charge on any atom is -0.493 e. The van der Waals surface area contributed by atoms with Gasteiger partial charge in [-0.3, -0.25) is 9.52 Å². The summed E-state index contributed by atoms with van der Waals surface area (Å²) in [5, 5.41) is 3.37. The van der Waals surface area contributed by atoms with E-state index in [4.69, 9.17) is 25.8 Å². The molecule has 1 atom stereocenters. The van der Waals surface area contributed by atoms with E-state index in [1.807, 2.05) is 13.0 Å². The number of hydrogen-bond donors (Lipinski definition) is 2. The van der Waals surface area contributed by atoms with Crippen molar-refractivity contribution in [2.24, 2.45) is 0 Å². The van der Waals surface area contributed by atoms with Gasteiger partial charge in [0, 0.05) is 10.7 Å². The third-order valence-electron chi connectivity index (χ3n) is 5.20. The van der Waals surface area contributed by atoms with Gasteiger partial charge >= 0.3 is 0 Å². The van der Waals surface area contributed by atoms with Crippen LogP contribution in [-0.2, 0) is 14.8 Å². The molecule has 0 heterocycles. The average molecular weight is 519 g/mol. The number of methoxy groups -OCH3 is 2. The third kappa shape index (κ3) is 6.80. The lowest BCUT2D eigenvalue weighted by Crippen LogP contribution is -2.31. The number of benzene rings is 3. The molecule has 0 radical (unpaired) electrons. The Labute approximate surface area is 210 Å². The Morgan fingerprint density at radius 3 is 2.23 bits per heavy atom. The molecule has 10 heteroatoms. The van der Waals surface area contributed by atoms with Crippen molar-refractivity contribution >= 4 is 33.2 Å². The first kappa shape index (κ1) is 26.2. The van der Waals surface area contributed by atoms with Gasteiger partial charge in [-0.15, -0.1) is 0 Å². The predicted molar refractivity (Wildman–Crippen MR) is 135 cm³/mol. The molecule has 0 saturated heterocycles. The van der Waals surface area contributed by atoms with Crippen molar-refractivity contribution in [1.82, 2.24) is 5.32 Å². The van der Waals surface area contributed by atoms with Gasteiger partial charge in [-0.2, -0.15) is 0 Å². The number of amides is 1. The minimum absolute atomic E-state index is 0.0730. The highest BCUT2D eigenvalue weighted by atomic mass is 35.5. The van der Waals surface area contributed by atoms with Crippen LogP contribution in [0.4, 0.5) is 5.69 Å². The SMILES string of the molecule is COc1ccc([C@@H](C)NC(=O)COc2ccc(S(=O)(=O)Nc3ccc(Cl)cc3)cc2C)cc1OC. The Balaban J connectivity index is 1.60. The van der Waals surface area contributed by atoms with Crippen molar-refractivity contribution in [3.05, 3.63) is 76.8 Å². The summed E-state index contributed by atoms with van der Waals surface area (Å²) >= 11 is 5.84. The van der Waals surface area contributed by atoms with Crippen LogP contribution in [0.1, 0.15) is 24.1 Å². The minimum atomic E-state index is -3.80. The zero-order chi connectivity index (χ0) is 25.6. The summed E-state index contributed by atoms with van der Waals surface area (Å²) in [5.41, 5.74) is 1.81. The maximum absolute atomic E-state index is 12.7. The van der Waals surface area contributed by atoms with Crippen LogP contribution in [0.15, 0.2) is 65.6 Å². The normalized spacial score (nSPS) is 11.9. The van der Waals surface area contributed by atoms with Gasteiger partial charge in [0.1, 0.15) is 5.75 Å². The molecule has 0 unspecified atom stereocenters. The zero-order valence-electron chi connectivity index (χ0n) is 19.8. The monoisotopic (exact) mass is 518 g/mol. The van der Waals surface area contributed by atoms with Crippen molar-refractivity contribution in [1.29, 1.82) is 0 Å². The molecule has 8 nitrogen and oxygen atoms in total. The summed E-state index contributed by atoms with van der Waals surface area (Å²) in [5.74, 6) is 1.25. The molecule has 0 saturated carbocycles. The van der Waals surface area contributed by atoms with Gasteiger partial charge in [0.15, 0.2) is 18.1 Å². The van der Waals surface area contributed by atoms with E-state index in [9.17, 15) is 13.2 Å². The Kier molecular flexibility index (Phi) is 8.48. The molecule has 1 amide bonds. The first-order valence-corrected chi connectivity index (χ1v) is 12.5. The Morgan fingerprint density at radius 1 is 0.943 bits per heavy atom. The summed E-state index contributed by atoms with van der Waals surface area (Å²) in [4.78, 5) is 12.5. The lowest BCUT2D eigenvalue weighted by atomic mass is 10.1. The first-order valence-electron chi connectivity index (χ1n) is 10.7. The lowest BCUT2D eigenvalue weighted by Gasteiger charge is -2.17. The smallest absolute Gasteiger partial charge is 0.261 e. The Bertz CT molecular complexity index is 1300. The fourth-order valence-corrected chi connectivity index (χ4v) is 4.58. The van der Waals surface area contributed by atoms with Gasteiger partial charge in [0.05, 0.1) is 25.2 Å². The number of anilines is 1. The highest BCUT2D eigenvalue weighted by Crippen LogP contribution is 2.30. The molecule has 186 valence electrons. The Hall–Kier alpha value is -3.43. The van der Waals surface area contributed by atoms with E-state index in [1.54, 1.807) is 57.5 Å². The summed E-state index contributed by atoms with van der Waals surface area (Å²) < 4.78 is 44.1. The molecule has 0 fully saturated rings. The summed E-state index contributed by atoms with van der Waals surface area (Å²) in [7, 11) is -0.699. The van der Waals surface area contributed by atoms with Crippen molar-refractivity contribution < 1.29 is 27.4 Å². The summed E-state index contributed by atoms with van der Waals surface area (Å²) in [6, 6.07) is 15.9. The molecule has 3 aromatic rings. The maximum atomic E-state index is 12.7. The van der Waals surface area contributed by atoms with Gasteiger partial charge in [-0.1, -0.05) is 17.7 Å². The molecular weight excluding hydrogens is 492 g/mol. The van der Waals surface area contributed by atoms with Crippen molar-refractivity contribution in [3.8, 4) is 17.2 Å². The molecule has 0 bridgehead atoms. The third-order valence-corrected chi connectivity index (χ3v) is 6.83. The molecule has 0 aliphatic carbocycles. The summed E-state index contributed by atoms with van der Waals surface area (Å²) in [6.45, 7) is 3.33. The molecule has 3 rings (SSSR count). The van der Waals surface area contributed by atoms with Crippen molar-refractivity contribution in [2.75, 3.05) is 25.5 Å². The number of aryl methyl sites for hydroxylation is 1. The molecule has 0 aromatic heterocycles. The number of ether oxygens (including phenoxy) is 3. The Morgan fingerprint density at radius 2 is 1.60 bits per heavy atom. The fraction of sp³-hybridized carbons (Fsp3) is 0.240. The maximum Gasteiger partial charge on any atom is 0.261 e. The highest BCUT2D eigenvalue weighted by molar-refractivity contribution is 7.92. The zero-order valence-corrected chi connectivity index (χ0v) is 21.4. The molecule has 35 heavy (non-hydrogen) atoms. The molecule has 0 spiro atoms. The van der Waals surface area contributed by atoms with E-state index in [1.165, 1.54) is 18.2 Å². The molecule has 0 aliphatic rings. The average Bonchev–Trinajstić information content (AvgIpc) is 2.84. The van der Waals surface area contributed by atoms with Gasteiger partial charge < -0.3 is 19.5 Å². The lowest BCUT2D eigenvalue weighted by molar-refractivity contribution is -0.123. The molecule has 2 N–H and O–H groups in total. The number of hydrogen-bond acceptors (Lipinski definition) is 6. The largest absolute Gasteiger partial charge is 0.493 e.